The van der Waals surface area contributed by atoms with Gasteiger partial charge >= 0.3 is 0 Å². The summed E-state index contributed by atoms with van der Waals surface area (Å²) >= 11 is 1.40. The van der Waals surface area contributed by atoms with Gasteiger partial charge in [-0.15, -0.1) is 11.3 Å². The van der Waals surface area contributed by atoms with E-state index in [-0.39, 0.29) is 11.8 Å². The number of rotatable bonds is 7. The maximum Gasteiger partial charge on any atom is 0.261 e. The number of hydrogen-bond donors (Lipinski definition) is 2. The molecule has 2 aromatic heterocycles. The Balaban J connectivity index is 1.50. The molecule has 2 amide bonds. The first-order chi connectivity index (χ1) is 12.2. The summed E-state index contributed by atoms with van der Waals surface area (Å²) in [6, 6.07) is 11.4. The molecular weight excluding hydrogens is 336 g/mol. The van der Waals surface area contributed by atoms with E-state index in [0.717, 1.165) is 17.6 Å². The first-order valence-electron chi connectivity index (χ1n) is 8.26. The monoisotopic (exact) mass is 356 g/mol. The maximum absolute atomic E-state index is 12.2. The number of anilines is 1. The molecule has 6 nitrogen and oxygen atoms in total. The Hall–Kier alpha value is -2.67. The highest BCUT2D eigenvalue weighted by atomic mass is 32.1. The van der Waals surface area contributed by atoms with Crippen LogP contribution in [0.15, 0.2) is 41.8 Å². The van der Waals surface area contributed by atoms with Gasteiger partial charge in [-0.05, 0) is 36.9 Å². The average molecular weight is 356 g/mol. The zero-order valence-corrected chi connectivity index (χ0v) is 14.8. The number of carbonyl (C=O) groups is 2. The molecule has 130 valence electrons. The van der Waals surface area contributed by atoms with E-state index in [1.807, 2.05) is 47.2 Å². The minimum Gasteiger partial charge on any atom is -0.351 e. The van der Waals surface area contributed by atoms with Gasteiger partial charge in [-0.3, -0.25) is 14.9 Å². The summed E-state index contributed by atoms with van der Waals surface area (Å²) in [5.74, 6) is 0.370. The Bertz CT molecular complexity index is 870. The largest absolute Gasteiger partial charge is 0.351 e. The number of imidazole rings is 1. The van der Waals surface area contributed by atoms with Gasteiger partial charge in [0.25, 0.3) is 5.91 Å². The number of amides is 2. The van der Waals surface area contributed by atoms with E-state index in [4.69, 9.17) is 0 Å². The summed E-state index contributed by atoms with van der Waals surface area (Å²) < 4.78 is 1.98. The molecule has 1 aromatic carbocycles. The van der Waals surface area contributed by atoms with Crippen molar-refractivity contribution in [3.8, 4) is 0 Å². The van der Waals surface area contributed by atoms with E-state index in [1.54, 1.807) is 6.07 Å². The van der Waals surface area contributed by atoms with Crippen LogP contribution >= 0.6 is 11.3 Å². The van der Waals surface area contributed by atoms with Crippen molar-refractivity contribution in [2.75, 3.05) is 11.9 Å². The van der Waals surface area contributed by atoms with Gasteiger partial charge in [0, 0.05) is 19.5 Å². The van der Waals surface area contributed by atoms with Crippen molar-refractivity contribution >= 4 is 40.1 Å². The Labute approximate surface area is 149 Å². The Morgan fingerprint density at radius 2 is 2.04 bits per heavy atom. The molecule has 0 aliphatic carbocycles. The van der Waals surface area contributed by atoms with Crippen LogP contribution in [0.2, 0.25) is 0 Å². The molecule has 0 bridgehead atoms. The third kappa shape index (κ3) is 4.06. The molecule has 25 heavy (non-hydrogen) atoms. The Morgan fingerprint density at radius 3 is 2.80 bits per heavy atom. The zero-order chi connectivity index (χ0) is 17.6. The van der Waals surface area contributed by atoms with Crippen LogP contribution in [0.5, 0.6) is 0 Å². The van der Waals surface area contributed by atoms with Gasteiger partial charge in [-0.2, -0.15) is 0 Å². The van der Waals surface area contributed by atoms with E-state index in [1.165, 1.54) is 11.3 Å². The van der Waals surface area contributed by atoms with Gasteiger partial charge in [-0.1, -0.05) is 18.2 Å². The van der Waals surface area contributed by atoms with Crippen LogP contribution in [0.25, 0.3) is 11.0 Å². The first kappa shape index (κ1) is 17.2. The van der Waals surface area contributed by atoms with Crippen molar-refractivity contribution in [1.82, 2.24) is 14.9 Å². The number of para-hydroxylation sites is 2. The molecule has 0 saturated carbocycles. The lowest BCUT2D eigenvalue weighted by Crippen LogP contribution is -2.25. The topological polar surface area (TPSA) is 76.0 Å². The summed E-state index contributed by atoms with van der Waals surface area (Å²) in [6.45, 7) is 3.21. The second-order valence-electron chi connectivity index (χ2n) is 5.55. The molecule has 0 spiro atoms. The van der Waals surface area contributed by atoms with Gasteiger partial charge in [0.1, 0.15) is 0 Å². The fraction of sp³-hybridized carbons (Fsp3) is 0.278. The third-order valence-corrected chi connectivity index (χ3v) is 4.70. The van der Waals surface area contributed by atoms with E-state index in [2.05, 4.69) is 15.6 Å². The fourth-order valence-corrected chi connectivity index (χ4v) is 3.26. The lowest BCUT2D eigenvalue weighted by molar-refractivity contribution is -0.116. The number of carbonyl (C=O) groups excluding carboxylic acids is 2. The van der Waals surface area contributed by atoms with Gasteiger partial charge in [0.15, 0.2) is 0 Å². The van der Waals surface area contributed by atoms with E-state index in [0.29, 0.717) is 30.2 Å². The Kier molecular flexibility index (Phi) is 5.45. The van der Waals surface area contributed by atoms with Crippen molar-refractivity contribution < 1.29 is 9.59 Å². The normalized spacial score (nSPS) is 10.8. The van der Waals surface area contributed by atoms with E-state index < -0.39 is 0 Å². The third-order valence-electron chi connectivity index (χ3n) is 3.83. The van der Waals surface area contributed by atoms with E-state index >= 15 is 0 Å². The first-order valence-corrected chi connectivity index (χ1v) is 9.14. The highest BCUT2D eigenvalue weighted by Crippen LogP contribution is 2.19. The van der Waals surface area contributed by atoms with Crippen molar-refractivity contribution in [3.05, 3.63) is 46.7 Å². The van der Waals surface area contributed by atoms with Crippen LogP contribution < -0.4 is 10.6 Å². The van der Waals surface area contributed by atoms with Crippen molar-refractivity contribution in [1.29, 1.82) is 0 Å². The number of nitrogens with one attached hydrogen (secondary N) is 2. The molecule has 0 aliphatic heterocycles. The maximum atomic E-state index is 12.2. The lowest BCUT2D eigenvalue weighted by Gasteiger charge is -2.08. The minimum atomic E-state index is -0.102. The second kappa shape index (κ2) is 7.94. The molecule has 7 heteroatoms. The second-order valence-corrected chi connectivity index (χ2v) is 6.50. The molecule has 2 heterocycles. The molecule has 0 atom stereocenters. The van der Waals surface area contributed by atoms with Crippen LogP contribution in [-0.4, -0.2) is 27.9 Å². The van der Waals surface area contributed by atoms with Gasteiger partial charge in [0.05, 0.1) is 15.9 Å². The number of benzene rings is 1. The molecule has 0 saturated heterocycles. The minimum absolute atomic E-state index is 0.0943. The van der Waals surface area contributed by atoms with Crippen molar-refractivity contribution in [3.63, 3.8) is 0 Å². The summed E-state index contributed by atoms with van der Waals surface area (Å²) in [7, 11) is 0. The van der Waals surface area contributed by atoms with Crippen LogP contribution in [0.3, 0.4) is 0 Å². The Morgan fingerprint density at radius 1 is 1.20 bits per heavy atom. The van der Waals surface area contributed by atoms with Crippen LogP contribution in [-0.2, 0) is 11.3 Å². The number of hydrogen-bond acceptors (Lipinski definition) is 4. The highest BCUT2D eigenvalue weighted by molar-refractivity contribution is 7.12. The molecule has 3 rings (SSSR count). The van der Waals surface area contributed by atoms with Gasteiger partial charge in [0.2, 0.25) is 11.9 Å². The summed E-state index contributed by atoms with van der Waals surface area (Å²) in [5.41, 5.74) is 1.87. The van der Waals surface area contributed by atoms with Crippen LogP contribution in [0.4, 0.5) is 5.95 Å². The fourth-order valence-electron chi connectivity index (χ4n) is 2.62. The van der Waals surface area contributed by atoms with E-state index in [9.17, 15) is 9.59 Å². The number of aryl methyl sites for hydroxylation is 1. The zero-order valence-electron chi connectivity index (χ0n) is 14.0. The molecular formula is C18H20N4O2S. The lowest BCUT2D eigenvalue weighted by atomic mass is 10.3. The number of aromatic nitrogens is 2. The quantitative estimate of drug-likeness (QED) is 0.638. The standard InChI is InChI=1S/C18H20N4O2S/c1-2-22-14-8-4-3-7-13(14)20-18(22)21-16(23)10-5-11-19-17(24)15-9-6-12-25-15/h3-4,6-9,12H,2,5,10-11H2,1H3,(H,19,24)(H,20,21,23). The molecule has 2 N–H and O–H groups in total. The molecule has 0 unspecified atom stereocenters. The SMILES string of the molecule is CCn1c(NC(=O)CCCNC(=O)c2cccs2)nc2ccccc21. The van der Waals surface area contributed by atoms with Gasteiger partial charge in [-0.25, -0.2) is 4.98 Å². The summed E-state index contributed by atoms with van der Waals surface area (Å²) in [6.07, 6.45) is 0.910. The number of nitrogens with zero attached hydrogens (tertiary/aromatic N) is 2. The average Bonchev–Trinajstić information content (AvgIpc) is 3.25. The molecule has 0 radical (unpaired) electrons. The van der Waals surface area contributed by atoms with Crippen LogP contribution in [0, 0.1) is 0 Å². The van der Waals surface area contributed by atoms with Crippen LogP contribution in [0.1, 0.15) is 29.4 Å². The predicted octanol–water partition coefficient (Wildman–Crippen LogP) is 3.27. The number of thiophene rings is 1. The highest BCUT2D eigenvalue weighted by Gasteiger charge is 2.12. The summed E-state index contributed by atoms with van der Waals surface area (Å²) in [4.78, 5) is 29.1. The summed E-state index contributed by atoms with van der Waals surface area (Å²) in [5, 5.41) is 7.55. The van der Waals surface area contributed by atoms with Gasteiger partial charge < -0.3 is 9.88 Å². The molecule has 3 aromatic rings. The van der Waals surface area contributed by atoms with Crippen molar-refractivity contribution in [2.24, 2.45) is 0 Å². The number of fused-ring (bicyclic) bond motifs is 1. The van der Waals surface area contributed by atoms with Crippen molar-refractivity contribution in [2.45, 2.75) is 26.3 Å². The molecule has 0 fully saturated rings. The predicted molar refractivity (Wildman–Crippen MR) is 99.9 cm³/mol. The molecule has 0 aliphatic rings. The smallest absolute Gasteiger partial charge is 0.261 e.